The van der Waals surface area contributed by atoms with Crippen LogP contribution in [0.25, 0.3) is 0 Å². The molecule has 4 nitrogen and oxygen atoms in total. The molecule has 0 saturated heterocycles. The van der Waals surface area contributed by atoms with Gasteiger partial charge in [0.1, 0.15) is 0 Å². The van der Waals surface area contributed by atoms with Gasteiger partial charge < -0.3 is 5.32 Å². The molecule has 4 N–H and O–H groups in total. The van der Waals surface area contributed by atoms with Gasteiger partial charge in [0, 0.05) is 6.04 Å². The van der Waals surface area contributed by atoms with Crippen LogP contribution in [0.15, 0.2) is 29.3 Å². The molecule has 0 atom stereocenters. The maximum absolute atomic E-state index is 5.53. The van der Waals surface area contributed by atoms with E-state index in [2.05, 4.69) is 46.9 Å². The molecule has 0 spiro atoms. The van der Waals surface area contributed by atoms with Crippen molar-refractivity contribution in [1.29, 1.82) is 0 Å². The highest BCUT2D eigenvalue weighted by atomic mass is 15.3. The van der Waals surface area contributed by atoms with Crippen LogP contribution in [0.1, 0.15) is 43.2 Å². The molecule has 0 unspecified atom stereocenters. The zero-order valence-electron chi connectivity index (χ0n) is 11.7. The Labute approximate surface area is 115 Å². The molecule has 0 aromatic heterocycles. The third-order valence-electron chi connectivity index (χ3n) is 3.62. The predicted octanol–water partition coefficient (Wildman–Crippen LogP) is 2.24. The fraction of sp³-hybridized carbons (Fsp3) is 0.533. The lowest BCUT2D eigenvalue weighted by Gasteiger charge is -2.24. The van der Waals surface area contributed by atoms with E-state index in [-0.39, 0.29) is 0 Å². The van der Waals surface area contributed by atoms with E-state index in [0.717, 1.165) is 0 Å². The Hall–Kier alpha value is -1.55. The van der Waals surface area contributed by atoms with Gasteiger partial charge in [0.15, 0.2) is 0 Å². The molecule has 0 aliphatic heterocycles. The van der Waals surface area contributed by atoms with Crippen molar-refractivity contribution in [2.45, 2.75) is 51.6 Å². The van der Waals surface area contributed by atoms with Crippen molar-refractivity contribution in [3.8, 4) is 0 Å². The van der Waals surface area contributed by atoms with Crippen LogP contribution in [-0.4, -0.2) is 12.0 Å². The number of aryl methyl sites for hydroxylation is 1. The zero-order valence-corrected chi connectivity index (χ0v) is 11.7. The van der Waals surface area contributed by atoms with Crippen LogP contribution in [-0.2, 0) is 6.54 Å². The Morgan fingerprint density at radius 2 is 1.89 bits per heavy atom. The lowest BCUT2D eigenvalue weighted by molar-refractivity contribution is 0.410. The van der Waals surface area contributed by atoms with Crippen molar-refractivity contribution in [2.75, 3.05) is 0 Å². The van der Waals surface area contributed by atoms with E-state index in [1.807, 2.05) is 0 Å². The number of nitrogens with zero attached hydrogens (tertiary/aromatic N) is 1. The average molecular weight is 260 g/mol. The Morgan fingerprint density at radius 1 is 1.21 bits per heavy atom. The molecule has 104 valence electrons. The first-order chi connectivity index (χ1) is 9.28. The number of rotatable bonds is 3. The normalized spacial score (nSPS) is 17.3. The van der Waals surface area contributed by atoms with Gasteiger partial charge in [-0.05, 0) is 25.3 Å². The van der Waals surface area contributed by atoms with Crippen molar-refractivity contribution in [2.24, 2.45) is 10.8 Å². The fourth-order valence-electron chi connectivity index (χ4n) is 2.44. The van der Waals surface area contributed by atoms with Crippen LogP contribution in [0.4, 0.5) is 0 Å². The summed E-state index contributed by atoms with van der Waals surface area (Å²) in [6.07, 6.45) is 6.38. The lowest BCUT2D eigenvalue weighted by Crippen LogP contribution is -2.47. The number of hydrogen-bond donors (Lipinski definition) is 3. The minimum absolute atomic E-state index is 0.515. The molecule has 1 aromatic carbocycles. The van der Waals surface area contributed by atoms with Crippen LogP contribution in [0.3, 0.4) is 0 Å². The molecule has 0 amide bonds. The van der Waals surface area contributed by atoms with E-state index in [1.54, 1.807) is 0 Å². The minimum atomic E-state index is 0.515. The second-order valence-corrected chi connectivity index (χ2v) is 5.27. The molecule has 1 aliphatic rings. The maximum atomic E-state index is 5.53. The molecule has 1 aliphatic carbocycles. The van der Waals surface area contributed by atoms with Gasteiger partial charge >= 0.3 is 0 Å². The average Bonchev–Trinajstić information content (AvgIpc) is 2.46. The lowest BCUT2D eigenvalue weighted by atomic mass is 9.96. The molecule has 1 aromatic rings. The second kappa shape index (κ2) is 7.14. The number of nitrogens with one attached hydrogen (secondary N) is 2. The van der Waals surface area contributed by atoms with Crippen LogP contribution < -0.4 is 16.6 Å². The standard InChI is InChI=1S/C15H24N4/c1-12-7-9-13(10-8-12)11-17-15(19-16)18-14-5-3-2-4-6-14/h7-10,14H,2-6,11,16H2,1H3,(H2,17,18,19). The van der Waals surface area contributed by atoms with Crippen molar-refractivity contribution in [3.05, 3.63) is 35.4 Å². The van der Waals surface area contributed by atoms with Crippen LogP contribution >= 0.6 is 0 Å². The van der Waals surface area contributed by atoms with E-state index in [4.69, 9.17) is 5.84 Å². The fourth-order valence-corrected chi connectivity index (χ4v) is 2.44. The molecule has 0 heterocycles. The summed E-state index contributed by atoms with van der Waals surface area (Å²) < 4.78 is 0. The molecule has 4 heteroatoms. The van der Waals surface area contributed by atoms with Crippen molar-refractivity contribution in [3.63, 3.8) is 0 Å². The smallest absolute Gasteiger partial charge is 0.206 e. The number of nitrogens with two attached hydrogens (primary N) is 1. The van der Waals surface area contributed by atoms with Gasteiger partial charge in [-0.1, -0.05) is 49.1 Å². The Bertz CT molecular complexity index is 405. The molecule has 19 heavy (non-hydrogen) atoms. The molecular formula is C15H24N4. The van der Waals surface area contributed by atoms with Crippen molar-refractivity contribution >= 4 is 5.96 Å². The first-order valence-electron chi connectivity index (χ1n) is 7.11. The summed E-state index contributed by atoms with van der Waals surface area (Å²) in [5.41, 5.74) is 5.14. The Balaban J connectivity index is 1.88. The highest BCUT2D eigenvalue weighted by Crippen LogP contribution is 2.17. The van der Waals surface area contributed by atoms with E-state index >= 15 is 0 Å². The third kappa shape index (κ3) is 4.56. The number of hydrogen-bond acceptors (Lipinski definition) is 2. The van der Waals surface area contributed by atoms with Gasteiger partial charge in [-0.3, -0.25) is 5.43 Å². The SMILES string of the molecule is Cc1ccc(CN=C(NN)NC2CCCCC2)cc1. The quantitative estimate of drug-likeness (QED) is 0.338. The molecule has 2 rings (SSSR count). The second-order valence-electron chi connectivity index (χ2n) is 5.27. The van der Waals surface area contributed by atoms with Gasteiger partial charge in [0.2, 0.25) is 5.96 Å². The van der Waals surface area contributed by atoms with E-state index in [0.29, 0.717) is 18.5 Å². The summed E-state index contributed by atoms with van der Waals surface area (Å²) in [4.78, 5) is 4.51. The molecule has 1 saturated carbocycles. The minimum Gasteiger partial charge on any atom is -0.353 e. The van der Waals surface area contributed by atoms with Crippen molar-refractivity contribution < 1.29 is 0 Å². The van der Waals surface area contributed by atoms with Gasteiger partial charge in [-0.15, -0.1) is 0 Å². The summed E-state index contributed by atoms with van der Waals surface area (Å²) in [5.74, 6) is 6.24. The monoisotopic (exact) mass is 260 g/mol. The van der Waals surface area contributed by atoms with E-state index < -0.39 is 0 Å². The number of hydrazine groups is 1. The molecular weight excluding hydrogens is 236 g/mol. The maximum Gasteiger partial charge on any atom is 0.206 e. The first-order valence-corrected chi connectivity index (χ1v) is 7.11. The van der Waals surface area contributed by atoms with Crippen LogP contribution in [0, 0.1) is 6.92 Å². The van der Waals surface area contributed by atoms with Gasteiger partial charge in [0.05, 0.1) is 6.54 Å². The number of benzene rings is 1. The van der Waals surface area contributed by atoms with Gasteiger partial charge in [-0.25, -0.2) is 10.8 Å². The summed E-state index contributed by atoms with van der Waals surface area (Å²) in [5, 5.41) is 3.40. The topological polar surface area (TPSA) is 62.4 Å². The van der Waals surface area contributed by atoms with Crippen molar-refractivity contribution in [1.82, 2.24) is 10.7 Å². The molecule has 0 bridgehead atoms. The predicted molar refractivity (Wildman–Crippen MR) is 79.6 cm³/mol. The van der Waals surface area contributed by atoms with E-state index in [1.165, 1.54) is 43.2 Å². The first kappa shape index (κ1) is 13.9. The van der Waals surface area contributed by atoms with Crippen LogP contribution in [0.2, 0.25) is 0 Å². The molecule has 0 radical (unpaired) electrons. The summed E-state index contributed by atoms with van der Waals surface area (Å²) in [6.45, 7) is 2.74. The number of guanidine groups is 1. The highest BCUT2D eigenvalue weighted by Gasteiger charge is 2.13. The highest BCUT2D eigenvalue weighted by molar-refractivity contribution is 5.79. The third-order valence-corrected chi connectivity index (χ3v) is 3.62. The Kier molecular flexibility index (Phi) is 5.21. The Morgan fingerprint density at radius 3 is 2.53 bits per heavy atom. The summed E-state index contributed by atoms with van der Waals surface area (Å²) in [6, 6.07) is 8.94. The largest absolute Gasteiger partial charge is 0.353 e. The van der Waals surface area contributed by atoms with E-state index in [9.17, 15) is 0 Å². The summed E-state index contributed by atoms with van der Waals surface area (Å²) >= 11 is 0. The van der Waals surface area contributed by atoms with Crippen LogP contribution in [0.5, 0.6) is 0 Å². The number of aliphatic imine (C=N–C) groups is 1. The zero-order chi connectivity index (χ0) is 13.5. The van der Waals surface area contributed by atoms with Gasteiger partial charge in [0.25, 0.3) is 0 Å². The van der Waals surface area contributed by atoms with Gasteiger partial charge in [-0.2, -0.15) is 0 Å². The summed E-state index contributed by atoms with van der Waals surface area (Å²) in [7, 11) is 0. The molecule has 1 fully saturated rings.